The molecule has 0 bridgehead atoms. The molecule has 124 valence electrons. The van der Waals surface area contributed by atoms with Gasteiger partial charge in [-0.15, -0.1) is 0 Å². The van der Waals surface area contributed by atoms with E-state index >= 15 is 0 Å². The zero-order valence-corrected chi connectivity index (χ0v) is 15.7. The van der Waals surface area contributed by atoms with E-state index in [1.54, 1.807) is 0 Å². The van der Waals surface area contributed by atoms with Gasteiger partial charge in [-0.2, -0.15) is 0 Å². The van der Waals surface area contributed by atoms with Gasteiger partial charge in [-0.1, -0.05) is 42.5 Å². The first kappa shape index (κ1) is 15.8. The number of rotatable bonds is 0. The van der Waals surface area contributed by atoms with Crippen LogP contribution < -0.4 is 10.2 Å². The summed E-state index contributed by atoms with van der Waals surface area (Å²) in [6, 6.07) is 4.18. The number of hydrogen-bond donors (Lipinski definition) is 1. The fraction of sp³-hybridized carbons (Fsp3) is 0.389. The average molecular weight is 358 g/mol. The standard InChI is InChI=1S/C18H18N2O2S2/c1-8-5-10-9(2)7-18(3,4)20-13(10)11(6-8)12(16(20)22)14-15(21)19-17(23)24-14/h5-6,9H,7H2,1-4H3,(H,19,21,23). The fourth-order valence-electron chi connectivity index (χ4n) is 4.18. The number of amides is 2. The minimum absolute atomic E-state index is 0.0869. The number of nitrogens with one attached hydrogen (secondary N) is 1. The number of anilines is 1. The molecule has 24 heavy (non-hydrogen) atoms. The zero-order valence-electron chi connectivity index (χ0n) is 14.0. The van der Waals surface area contributed by atoms with Crippen molar-refractivity contribution in [1.29, 1.82) is 0 Å². The van der Waals surface area contributed by atoms with Crippen LogP contribution in [-0.2, 0) is 9.59 Å². The summed E-state index contributed by atoms with van der Waals surface area (Å²) in [7, 11) is 0. The fourth-order valence-corrected chi connectivity index (χ4v) is 5.29. The first-order valence-electron chi connectivity index (χ1n) is 7.97. The van der Waals surface area contributed by atoms with E-state index in [-0.39, 0.29) is 17.4 Å². The van der Waals surface area contributed by atoms with Crippen molar-refractivity contribution >= 4 is 51.4 Å². The molecule has 3 aliphatic rings. The Kier molecular flexibility index (Phi) is 3.25. The van der Waals surface area contributed by atoms with Crippen molar-refractivity contribution in [3.8, 4) is 0 Å². The number of carbonyl (C=O) groups excluding carboxylic acids is 2. The Morgan fingerprint density at radius 3 is 2.67 bits per heavy atom. The van der Waals surface area contributed by atoms with Crippen LogP contribution in [0.2, 0.25) is 0 Å². The molecule has 4 nitrogen and oxygen atoms in total. The van der Waals surface area contributed by atoms with E-state index in [1.807, 2.05) is 17.9 Å². The van der Waals surface area contributed by atoms with E-state index in [9.17, 15) is 9.59 Å². The van der Waals surface area contributed by atoms with Crippen molar-refractivity contribution in [2.75, 3.05) is 4.90 Å². The minimum atomic E-state index is -0.282. The van der Waals surface area contributed by atoms with Gasteiger partial charge in [-0.3, -0.25) is 9.59 Å². The summed E-state index contributed by atoms with van der Waals surface area (Å²) in [6.07, 6.45) is 0.898. The van der Waals surface area contributed by atoms with E-state index in [4.69, 9.17) is 12.2 Å². The van der Waals surface area contributed by atoms with Crippen LogP contribution in [0.15, 0.2) is 17.0 Å². The van der Waals surface area contributed by atoms with Gasteiger partial charge in [0.15, 0.2) is 0 Å². The molecule has 3 heterocycles. The van der Waals surface area contributed by atoms with Gasteiger partial charge < -0.3 is 10.2 Å². The Balaban J connectivity index is 2.06. The highest BCUT2D eigenvalue weighted by atomic mass is 32.2. The third-order valence-corrected chi connectivity index (χ3v) is 6.21. The Labute approximate surface area is 150 Å². The first-order chi connectivity index (χ1) is 11.2. The molecule has 0 radical (unpaired) electrons. The van der Waals surface area contributed by atoms with Crippen LogP contribution in [0.4, 0.5) is 5.69 Å². The number of carbonyl (C=O) groups is 2. The molecule has 0 spiro atoms. The lowest BCUT2D eigenvalue weighted by Gasteiger charge is -2.43. The van der Waals surface area contributed by atoms with Gasteiger partial charge in [0.2, 0.25) is 0 Å². The van der Waals surface area contributed by atoms with Gasteiger partial charge in [0.1, 0.15) is 4.32 Å². The molecule has 0 aliphatic carbocycles. The van der Waals surface area contributed by atoms with Gasteiger partial charge in [0.05, 0.1) is 16.2 Å². The number of nitrogens with zero attached hydrogens (tertiary/aromatic N) is 1. The largest absolute Gasteiger partial charge is 0.307 e. The van der Waals surface area contributed by atoms with Crippen LogP contribution in [0.25, 0.3) is 5.57 Å². The smallest absolute Gasteiger partial charge is 0.264 e. The zero-order chi connectivity index (χ0) is 17.4. The molecule has 1 N–H and O–H groups in total. The Bertz CT molecular complexity index is 870. The van der Waals surface area contributed by atoms with Crippen LogP contribution in [-0.4, -0.2) is 21.7 Å². The maximum absolute atomic E-state index is 13.3. The topological polar surface area (TPSA) is 49.4 Å². The van der Waals surface area contributed by atoms with Crippen molar-refractivity contribution in [3.05, 3.63) is 33.7 Å². The molecule has 1 aromatic carbocycles. The number of thiocarbonyl (C=S) groups is 1. The highest BCUT2D eigenvalue weighted by Gasteiger charge is 2.49. The molecule has 2 amide bonds. The van der Waals surface area contributed by atoms with Crippen LogP contribution in [0.1, 0.15) is 49.8 Å². The quantitative estimate of drug-likeness (QED) is 0.570. The molecule has 1 unspecified atom stereocenters. The minimum Gasteiger partial charge on any atom is -0.307 e. The second-order valence-electron chi connectivity index (χ2n) is 7.36. The Hall–Kier alpha value is -1.66. The second kappa shape index (κ2) is 4.92. The molecule has 3 aliphatic heterocycles. The van der Waals surface area contributed by atoms with Crippen LogP contribution in [0.5, 0.6) is 0 Å². The van der Waals surface area contributed by atoms with Crippen LogP contribution in [0.3, 0.4) is 0 Å². The van der Waals surface area contributed by atoms with Crippen molar-refractivity contribution in [2.24, 2.45) is 0 Å². The molecule has 0 aromatic heterocycles. The molecule has 1 aromatic rings. The lowest BCUT2D eigenvalue weighted by molar-refractivity contribution is -0.116. The summed E-state index contributed by atoms with van der Waals surface area (Å²) < 4.78 is 0.408. The van der Waals surface area contributed by atoms with Crippen molar-refractivity contribution in [1.82, 2.24) is 5.32 Å². The number of aryl methyl sites for hydroxylation is 1. The molecule has 6 heteroatoms. The predicted molar refractivity (Wildman–Crippen MR) is 101 cm³/mol. The molecule has 0 saturated carbocycles. The van der Waals surface area contributed by atoms with Gasteiger partial charge in [0.25, 0.3) is 11.8 Å². The van der Waals surface area contributed by atoms with E-state index in [1.165, 1.54) is 17.3 Å². The average Bonchev–Trinajstić information content (AvgIpc) is 2.92. The van der Waals surface area contributed by atoms with E-state index in [0.717, 1.165) is 23.2 Å². The van der Waals surface area contributed by atoms with Crippen molar-refractivity contribution < 1.29 is 9.59 Å². The maximum Gasteiger partial charge on any atom is 0.264 e. The van der Waals surface area contributed by atoms with Gasteiger partial charge in [-0.05, 0) is 44.7 Å². The number of thioether (sulfide) groups is 1. The van der Waals surface area contributed by atoms with Gasteiger partial charge >= 0.3 is 0 Å². The van der Waals surface area contributed by atoms with E-state index < -0.39 is 0 Å². The van der Waals surface area contributed by atoms with Crippen LogP contribution in [0, 0.1) is 6.92 Å². The number of benzene rings is 1. The summed E-state index contributed by atoms with van der Waals surface area (Å²) in [5, 5.41) is 2.63. The summed E-state index contributed by atoms with van der Waals surface area (Å²) in [5.41, 5.74) is 4.36. The van der Waals surface area contributed by atoms with Crippen molar-refractivity contribution in [3.63, 3.8) is 0 Å². The predicted octanol–water partition coefficient (Wildman–Crippen LogP) is 3.49. The lowest BCUT2D eigenvalue weighted by Crippen LogP contribution is -2.49. The molecule has 1 saturated heterocycles. The SMILES string of the molecule is Cc1cc2c3c(c1)C(C)CC(C)(C)N3C(=O)C2=C1SC(=S)NC1=O. The number of hydrogen-bond acceptors (Lipinski definition) is 4. The highest BCUT2D eigenvalue weighted by molar-refractivity contribution is 8.27. The maximum atomic E-state index is 13.3. The summed E-state index contributed by atoms with van der Waals surface area (Å²) >= 11 is 6.29. The third kappa shape index (κ3) is 2.02. The Morgan fingerprint density at radius 2 is 2.04 bits per heavy atom. The monoisotopic (exact) mass is 358 g/mol. The first-order valence-corrected chi connectivity index (χ1v) is 9.20. The second-order valence-corrected chi connectivity index (χ2v) is 9.04. The summed E-state index contributed by atoms with van der Waals surface area (Å²) in [6.45, 7) is 8.42. The highest BCUT2D eigenvalue weighted by Crippen LogP contribution is 2.53. The summed E-state index contributed by atoms with van der Waals surface area (Å²) in [5.74, 6) is 0.0126. The lowest BCUT2D eigenvalue weighted by atomic mass is 9.80. The van der Waals surface area contributed by atoms with Gasteiger partial charge in [-0.25, -0.2) is 0 Å². The Morgan fingerprint density at radius 1 is 1.33 bits per heavy atom. The van der Waals surface area contributed by atoms with Gasteiger partial charge in [0, 0.05) is 11.1 Å². The van der Waals surface area contributed by atoms with E-state index in [2.05, 4.69) is 32.2 Å². The van der Waals surface area contributed by atoms with E-state index in [0.29, 0.717) is 20.7 Å². The summed E-state index contributed by atoms with van der Waals surface area (Å²) in [4.78, 5) is 27.9. The third-order valence-electron chi connectivity index (χ3n) is 4.98. The molecule has 4 rings (SSSR count). The van der Waals surface area contributed by atoms with Crippen LogP contribution >= 0.6 is 24.0 Å². The van der Waals surface area contributed by atoms with Crippen molar-refractivity contribution in [2.45, 2.75) is 45.6 Å². The molecule has 1 fully saturated rings. The normalized spacial score (nSPS) is 27.6. The molecule has 1 atom stereocenters. The molecular formula is C18H18N2O2S2. The molecular weight excluding hydrogens is 340 g/mol.